The van der Waals surface area contributed by atoms with Crippen LogP contribution in [0.1, 0.15) is 10.4 Å². The molecule has 0 heterocycles. The van der Waals surface area contributed by atoms with Crippen LogP contribution in [0.5, 0.6) is 0 Å². The van der Waals surface area contributed by atoms with Crippen LogP contribution in [0, 0.1) is 20.2 Å². The number of nitro benzene ring substituents is 2. The fourth-order valence-corrected chi connectivity index (χ4v) is 1.24. The average molecular weight is 241 g/mol. The Hall–Kier alpha value is -2.71. The normalized spacial score (nSPS) is 9.71. The Morgan fingerprint density at radius 1 is 1.29 bits per heavy atom. The van der Waals surface area contributed by atoms with Gasteiger partial charge in [0.2, 0.25) is 0 Å². The Kier molecular flexibility index (Phi) is 3.22. The number of carbonyl (C=O) groups excluding carboxylic acids is 1. The van der Waals surface area contributed by atoms with Gasteiger partial charge in [-0.15, -0.1) is 0 Å². The third kappa shape index (κ3) is 2.27. The van der Waals surface area contributed by atoms with Gasteiger partial charge in [-0.25, -0.2) is 4.79 Å². The quantitative estimate of drug-likeness (QED) is 0.358. The maximum atomic E-state index is 11.3. The first kappa shape index (κ1) is 12.4. The number of nitrogens with two attached hydrogens (primary N) is 1. The fourth-order valence-electron chi connectivity index (χ4n) is 1.24. The highest BCUT2D eigenvalue weighted by molar-refractivity contribution is 5.97. The number of nitrogen functional groups attached to an aromatic ring is 1. The summed E-state index contributed by atoms with van der Waals surface area (Å²) >= 11 is 0. The summed E-state index contributed by atoms with van der Waals surface area (Å²) in [5.41, 5.74) is 2.85. The van der Waals surface area contributed by atoms with Crippen molar-refractivity contribution in [3.63, 3.8) is 0 Å². The number of methoxy groups -OCH3 is 1. The van der Waals surface area contributed by atoms with E-state index in [0.717, 1.165) is 19.2 Å². The standard InChI is InChI=1S/C8H7N3O6/c1-17-8(12)5-2-4(9)3-6(10(13)14)7(5)11(15)16/h2-3H,9H2,1H3. The molecule has 9 heteroatoms. The van der Waals surface area contributed by atoms with Crippen LogP contribution in [0.15, 0.2) is 12.1 Å². The molecule has 1 aromatic rings. The van der Waals surface area contributed by atoms with Gasteiger partial charge in [0.05, 0.1) is 17.0 Å². The number of benzene rings is 1. The highest BCUT2D eigenvalue weighted by Crippen LogP contribution is 2.33. The molecule has 17 heavy (non-hydrogen) atoms. The van der Waals surface area contributed by atoms with Crippen molar-refractivity contribution >= 4 is 23.0 Å². The number of anilines is 1. The smallest absolute Gasteiger partial charge is 0.360 e. The molecule has 90 valence electrons. The van der Waals surface area contributed by atoms with Gasteiger partial charge >= 0.3 is 17.3 Å². The minimum absolute atomic E-state index is 0.136. The minimum Gasteiger partial charge on any atom is -0.465 e. The largest absolute Gasteiger partial charge is 0.465 e. The molecule has 0 aromatic heterocycles. The second-order valence-electron chi connectivity index (χ2n) is 2.94. The zero-order valence-corrected chi connectivity index (χ0v) is 8.58. The van der Waals surface area contributed by atoms with Crippen LogP contribution in [0.3, 0.4) is 0 Å². The summed E-state index contributed by atoms with van der Waals surface area (Å²) in [6.07, 6.45) is 0. The summed E-state index contributed by atoms with van der Waals surface area (Å²) in [6.45, 7) is 0. The number of nitrogens with zero attached hydrogens (tertiary/aromatic N) is 2. The van der Waals surface area contributed by atoms with E-state index in [0.29, 0.717) is 0 Å². The summed E-state index contributed by atoms with van der Waals surface area (Å²) in [7, 11) is 1.00. The molecule has 0 radical (unpaired) electrons. The summed E-state index contributed by atoms with van der Waals surface area (Å²) < 4.78 is 4.30. The molecule has 0 amide bonds. The molecule has 1 rings (SSSR count). The van der Waals surface area contributed by atoms with Crippen molar-refractivity contribution in [1.29, 1.82) is 0 Å². The van der Waals surface area contributed by atoms with Crippen molar-refractivity contribution < 1.29 is 19.4 Å². The van der Waals surface area contributed by atoms with Gasteiger partial charge in [0, 0.05) is 11.8 Å². The second kappa shape index (κ2) is 4.43. The molecule has 0 spiro atoms. The van der Waals surface area contributed by atoms with E-state index in [1.807, 2.05) is 0 Å². The van der Waals surface area contributed by atoms with Gasteiger partial charge in [-0.2, -0.15) is 0 Å². The number of nitro groups is 2. The van der Waals surface area contributed by atoms with E-state index < -0.39 is 32.8 Å². The molecule has 0 aliphatic heterocycles. The van der Waals surface area contributed by atoms with E-state index in [2.05, 4.69) is 4.74 Å². The third-order valence-corrected chi connectivity index (χ3v) is 1.90. The Bertz CT molecular complexity index is 512. The lowest BCUT2D eigenvalue weighted by Gasteiger charge is -2.03. The number of rotatable bonds is 3. The average Bonchev–Trinajstić information content (AvgIpc) is 2.26. The highest BCUT2D eigenvalue weighted by atomic mass is 16.6. The summed E-state index contributed by atoms with van der Waals surface area (Å²) in [4.78, 5) is 30.6. The van der Waals surface area contributed by atoms with Gasteiger partial charge in [0.15, 0.2) is 0 Å². The van der Waals surface area contributed by atoms with Crippen molar-refractivity contribution in [2.75, 3.05) is 12.8 Å². The molecule has 0 fully saturated rings. The molecular weight excluding hydrogens is 234 g/mol. The molecular formula is C8H7N3O6. The predicted molar refractivity (Wildman–Crippen MR) is 55.5 cm³/mol. The first-order chi connectivity index (χ1) is 7.88. The highest BCUT2D eigenvalue weighted by Gasteiger charge is 2.33. The lowest BCUT2D eigenvalue weighted by molar-refractivity contribution is -0.422. The molecule has 0 aliphatic rings. The number of esters is 1. The Morgan fingerprint density at radius 2 is 1.88 bits per heavy atom. The number of ether oxygens (including phenoxy) is 1. The molecule has 0 saturated carbocycles. The van der Waals surface area contributed by atoms with Gasteiger partial charge in [-0.05, 0) is 6.07 Å². The summed E-state index contributed by atoms with van der Waals surface area (Å²) in [5, 5.41) is 21.4. The third-order valence-electron chi connectivity index (χ3n) is 1.90. The Balaban J connectivity index is 3.63. The molecule has 0 atom stereocenters. The zero-order valence-electron chi connectivity index (χ0n) is 8.58. The van der Waals surface area contributed by atoms with E-state index in [1.165, 1.54) is 0 Å². The van der Waals surface area contributed by atoms with E-state index in [4.69, 9.17) is 5.73 Å². The summed E-state index contributed by atoms with van der Waals surface area (Å²) in [6, 6.07) is 1.77. The lowest BCUT2D eigenvalue weighted by atomic mass is 10.1. The van der Waals surface area contributed by atoms with E-state index in [9.17, 15) is 25.0 Å². The SMILES string of the molecule is COC(=O)c1cc(N)cc([N+](=O)[O-])c1[N+](=O)[O-]. The Labute approximate surface area is 94.1 Å². The van der Waals surface area contributed by atoms with E-state index >= 15 is 0 Å². The van der Waals surface area contributed by atoms with E-state index in [1.54, 1.807) is 0 Å². The predicted octanol–water partition coefficient (Wildman–Crippen LogP) is 0.872. The number of carbonyl (C=O) groups is 1. The van der Waals surface area contributed by atoms with Crippen LogP contribution in [-0.2, 0) is 4.74 Å². The first-order valence-electron chi connectivity index (χ1n) is 4.19. The zero-order chi connectivity index (χ0) is 13.2. The molecule has 0 aliphatic carbocycles. The van der Waals surface area contributed by atoms with Gasteiger partial charge in [-0.3, -0.25) is 20.2 Å². The minimum atomic E-state index is -1.06. The molecule has 1 aromatic carbocycles. The van der Waals surface area contributed by atoms with Gasteiger partial charge in [0.1, 0.15) is 5.56 Å². The van der Waals surface area contributed by atoms with Crippen molar-refractivity contribution in [3.8, 4) is 0 Å². The van der Waals surface area contributed by atoms with Crippen molar-refractivity contribution in [2.45, 2.75) is 0 Å². The van der Waals surface area contributed by atoms with Crippen molar-refractivity contribution in [2.24, 2.45) is 0 Å². The molecule has 0 saturated heterocycles. The number of hydrogen-bond acceptors (Lipinski definition) is 7. The van der Waals surface area contributed by atoms with Gasteiger partial charge in [0.25, 0.3) is 0 Å². The monoisotopic (exact) mass is 241 g/mol. The first-order valence-corrected chi connectivity index (χ1v) is 4.19. The molecule has 0 bridgehead atoms. The molecule has 9 nitrogen and oxygen atoms in total. The topological polar surface area (TPSA) is 139 Å². The number of hydrogen-bond donors (Lipinski definition) is 1. The van der Waals surface area contributed by atoms with Crippen LogP contribution in [0.25, 0.3) is 0 Å². The maximum absolute atomic E-state index is 11.3. The Morgan fingerprint density at radius 3 is 2.29 bits per heavy atom. The summed E-state index contributed by atoms with van der Waals surface area (Å²) in [5.74, 6) is -1.06. The van der Waals surface area contributed by atoms with Crippen LogP contribution in [-0.4, -0.2) is 22.9 Å². The van der Waals surface area contributed by atoms with Crippen LogP contribution >= 0.6 is 0 Å². The lowest BCUT2D eigenvalue weighted by Crippen LogP contribution is -2.09. The van der Waals surface area contributed by atoms with Gasteiger partial charge in [-0.1, -0.05) is 0 Å². The fraction of sp³-hybridized carbons (Fsp3) is 0.125. The maximum Gasteiger partial charge on any atom is 0.360 e. The van der Waals surface area contributed by atoms with Gasteiger partial charge < -0.3 is 10.5 Å². The van der Waals surface area contributed by atoms with Crippen molar-refractivity contribution in [1.82, 2.24) is 0 Å². The van der Waals surface area contributed by atoms with Crippen molar-refractivity contribution in [3.05, 3.63) is 37.9 Å². The second-order valence-corrected chi connectivity index (χ2v) is 2.94. The van der Waals surface area contributed by atoms with Crippen LogP contribution in [0.2, 0.25) is 0 Å². The van der Waals surface area contributed by atoms with E-state index in [-0.39, 0.29) is 5.69 Å². The molecule has 2 N–H and O–H groups in total. The molecule has 0 unspecified atom stereocenters. The van der Waals surface area contributed by atoms with Crippen LogP contribution in [0.4, 0.5) is 17.1 Å². The van der Waals surface area contributed by atoms with Crippen LogP contribution < -0.4 is 5.73 Å².